The fraction of sp³-hybridized carbons (Fsp3) is 0.0667. The van der Waals surface area contributed by atoms with Crippen molar-refractivity contribution in [2.75, 3.05) is 0 Å². The van der Waals surface area contributed by atoms with Crippen LogP contribution in [0.1, 0.15) is 25.0 Å². The van der Waals surface area contributed by atoms with Crippen molar-refractivity contribution in [3.05, 3.63) is 157 Å². The molecule has 0 aromatic heterocycles. The first-order valence-corrected chi connectivity index (χ1v) is 15.9. The summed E-state index contributed by atoms with van der Waals surface area (Å²) in [4.78, 5) is 0. The Kier molecular flexibility index (Phi) is 4.88. The van der Waals surface area contributed by atoms with Gasteiger partial charge in [-0.25, -0.2) is 0 Å². The summed E-state index contributed by atoms with van der Waals surface area (Å²) in [5.41, 5.74) is 10.6. The molecule has 10 rings (SSSR count). The van der Waals surface area contributed by atoms with E-state index in [-0.39, 0.29) is 5.41 Å². The van der Waals surface area contributed by atoms with E-state index in [0.717, 1.165) is 0 Å². The number of rotatable bonds is 2. The molecule has 0 heteroatoms. The maximum atomic E-state index is 2.52. The summed E-state index contributed by atoms with van der Waals surface area (Å²) >= 11 is 0. The molecule has 0 atom stereocenters. The summed E-state index contributed by atoms with van der Waals surface area (Å²) in [5.74, 6) is 0. The highest BCUT2D eigenvalue weighted by Gasteiger charge is 2.38. The SMILES string of the molecule is CC1(C)c2cc(-c3ccccc3-c3ccc4ccc5cccc6ccc3c4c56)c3ccccc3c2-c2ccc3ccccc3c21. The van der Waals surface area contributed by atoms with Gasteiger partial charge in [-0.05, 0) is 104 Å². The van der Waals surface area contributed by atoms with Gasteiger partial charge in [0.05, 0.1) is 0 Å². The van der Waals surface area contributed by atoms with E-state index in [2.05, 4.69) is 159 Å². The first-order valence-electron chi connectivity index (χ1n) is 15.9. The van der Waals surface area contributed by atoms with Crippen LogP contribution in [0, 0.1) is 0 Å². The zero-order chi connectivity index (χ0) is 29.9. The normalized spacial score (nSPS) is 13.7. The van der Waals surface area contributed by atoms with Gasteiger partial charge in [-0.3, -0.25) is 0 Å². The molecule has 0 radical (unpaired) electrons. The highest BCUT2D eigenvalue weighted by atomic mass is 14.4. The summed E-state index contributed by atoms with van der Waals surface area (Å²) in [6.45, 7) is 4.82. The highest BCUT2D eigenvalue weighted by Crippen LogP contribution is 2.55. The van der Waals surface area contributed by atoms with E-state index in [1.54, 1.807) is 0 Å². The third-order valence-electron chi connectivity index (χ3n) is 10.6. The zero-order valence-electron chi connectivity index (χ0n) is 25.4. The van der Waals surface area contributed by atoms with Crippen LogP contribution in [0.2, 0.25) is 0 Å². The standard InChI is InChI=1S/C45H30/c1-45(2)40-26-39(34-16-7-8-17-36(34)43(40)38-25-20-27-10-3-4-13-31(27)44(38)45)33-15-6-5-14-32(33)35-23-21-30-19-18-28-11-9-12-29-22-24-37(35)42(30)41(28)29/h3-26H,1-2H3. The van der Waals surface area contributed by atoms with Gasteiger partial charge < -0.3 is 0 Å². The molecule has 0 heterocycles. The fourth-order valence-electron chi connectivity index (χ4n) is 8.59. The van der Waals surface area contributed by atoms with Gasteiger partial charge in [0, 0.05) is 5.41 Å². The largest absolute Gasteiger partial charge is 0.0616 e. The Morgan fingerprint density at radius 1 is 0.356 bits per heavy atom. The van der Waals surface area contributed by atoms with Crippen LogP contribution in [0.5, 0.6) is 0 Å². The van der Waals surface area contributed by atoms with Crippen molar-refractivity contribution < 1.29 is 0 Å². The van der Waals surface area contributed by atoms with Gasteiger partial charge in [0.25, 0.3) is 0 Å². The Labute approximate surface area is 262 Å². The topological polar surface area (TPSA) is 0 Å². The first kappa shape index (κ1) is 24.9. The maximum absolute atomic E-state index is 2.52. The number of hydrogen-bond acceptors (Lipinski definition) is 0. The second-order valence-electron chi connectivity index (χ2n) is 13.2. The fourth-order valence-corrected chi connectivity index (χ4v) is 8.59. The monoisotopic (exact) mass is 570 g/mol. The van der Waals surface area contributed by atoms with Gasteiger partial charge in [-0.15, -0.1) is 0 Å². The van der Waals surface area contributed by atoms with Gasteiger partial charge >= 0.3 is 0 Å². The summed E-state index contributed by atoms with van der Waals surface area (Å²) in [6, 6.07) is 54.6. The minimum Gasteiger partial charge on any atom is -0.0616 e. The van der Waals surface area contributed by atoms with Gasteiger partial charge in [-0.1, -0.05) is 153 Å². The van der Waals surface area contributed by atoms with Crippen LogP contribution < -0.4 is 0 Å². The Bertz CT molecular complexity index is 2650. The van der Waals surface area contributed by atoms with Crippen molar-refractivity contribution >= 4 is 53.9 Å². The second kappa shape index (κ2) is 8.80. The lowest BCUT2D eigenvalue weighted by atomic mass is 9.78. The predicted octanol–water partition coefficient (Wildman–Crippen LogP) is 12.5. The van der Waals surface area contributed by atoms with E-state index in [1.165, 1.54) is 98.4 Å². The van der Waals surface area contributed by atoms with E-state index >= 15 is 0 Å². The van der Waals surface area contributed by atoms with E-state index in [9.17, 15) is 0 Å². The Morgan fingerprint density at radius 3 is 1.71 bits per heavy atom. The van der Waals surface area contributed by atoms with Crippen molar-refractivity contribution in [1.82, 2.24) is 0 Å². The summed E-state index contributed by atoms with van der Waals surface area (Å²) in [6.07, 6.45) is 0. The molecule has 1 aliphatic rings. The zero-order valence-corrected chi connectivity index (χ0v) is 25.4. The molecule has 1 aliphatic carbocycles. The summed E-state index contributed by atoms with van der Waals surface area (Å²) in [7, 11) is 0. The van der Waals surface area contributed by atoms with Crippen LogP contribution in [0.3, 0.4) is 0 Å². The third-order valence-corrected chi connectivity index (χ3v) is 10.6. The molecule has 0 bridgehead atoms. The number of hydrogen-bond donors (Lipinski definition) is 0. The van der Waals surface area contributed by atoms with Crippen molar-refractivity contribution in [3.63, 3.8) is 0 Å². The van der Waals surface area contributed by atoms with Crippen LogP contribution >= 0.6 is 0 Å². The molecule has 9 aromatic rings. The molecule has 0 nitrogen and oxygen atoms in total. The summed E-state index contributed by atoms with van der Waals surface area (Å²) < 4.78 is 0. The molecule has 0 saturated heterocycles. The van der Waals surface area contributed by atoms with E-state index in [0.29, 0.717) is 0 Å². The molecule has 0 saturated carbocycles. The molecule has 210 valence electrons. The van der Waals surface area contributed by atoms with Crippen LogP contribution in [-0.2, 0) is 5.41 Å². The molecule has 45 heavy (non-hydrogen) atoms. The van der Waals surface area contributed by atoms with Gasteiger partial charge in [0.15, 0.2) is 0 Å². The van der Waals surface area contributed by atoms with Crippen LogP contribution in [-0.4, -0.2) is 0 Å². The van der Waals surface area contributed by atoms with Gasteiger partial charge in [0.1, 0.15) is 0 Å². The third kappa shape index (κ3) is 3.27. The average molecular weight is 571 g/mol. The number of benzene rings is 9. The maximum Gasteiger partial charge on any atom is 0.0165 e. The lowest BCUT2D eigenvalue weighted by molar-refractivity contribution is 0.667. The van der Waals surface area contributed by atoms with E-state index in [1.807, 2.05) is 0 Å². The molecule has 0 aliphatic heterocycles. The second-order valence-corrected chi connectivity index (χ2v) is 13.2. The first-order chi connectivity index (χ1) is 22.1. The molecular formula is C45H30. The Hall–Kier alpha value is -5.46. The molecular weight excluding hydrogens is 540 g/mol. The number of fused-ring (bicyclic) bond motifs is 7. The van der Waals surface area contributed by atoms with Crippen LogP contribution in [0.25, 0.3) is 87.2 Å². The van der Waals surface area contributed by atoms with E-state index in [4.69, 9.17) is 0 Å². The smallest absolute Gasteiger partial charge is 0.0165 e. The van der Waals surface area contributed by atoms with Crippen molar-refractivity contribution in [3.8, 4) is 33.4 Å². The highest BCUT2D eigenvalue weighted by molar-refractivity contribution is 6.26. The minimum absolute atomic E-state index is 0.133. The van der Waals surface area contributed by atoms with Crippen LogP contribution in [0.15, 0.2) is 146 Å². The van der Waals surface area contributed by atoms with Gasteiger partial charge in [0.2, 0.25) is 0 Å². The molecule has 0 amide bonds. The van der Waals surface area contributed by atoms with Crippen molar-refractivity contribution in [2.24, 2.45) is 0 Å². The molecule has 0 N–H and O–H groups in total. The molecule has 0 fully saturated rings. The molecule has 0 unspecified atom stereocenters. The molecule has 9 aromatic carbocycles. The van der Waals surface area contributed by atoms with Gasteiger partial charge in [-0.2, -0.15) is 0 Å². The van der Waals surface area contributed by atoms with Crippen molar-refractivity contribution in [2.45, 2.75) is 19.3 Å². The Balaban J connectivity index is 1.28. The van der Waals surface area contributed by atoms with Crippen LogP contribution in [0.4, 0.5) is 0 Å². The van der Waals surface area contributed by atoms with Crippen molar-refractivity contribution in [1.29, 1.82) is 0 Å². The lowest BCUT2D eigenvalue weighted by Crippen LogP contribution is -2.15. The average Bonchev–Trinajstić information content (AvgIpc) is 3.33. The molecule has 0 spiro atoms. The predicted molar refractivity (Wildman–Crippen MR) is 194 cm³/mol. The lowest BCUT2D eigenvalue weighted by Gasteiger charge is -2.25. The Morgan fingerprint density at radius 2 is 0.911 bits per heavy atom. The van der Waals surface area contributed by atoms with E-state index < -0.39 is 0 Å². The quantitative estimate of drug-likeness (QED) is 0.181. The summed E-state index contributed by atoms with van der Waals surface area (Å²) in [5, 5.41) is 13.2. The minimum atomic E-state index is -0.133.